The summed E-state index contributed by atoms with van der Waals surface area (Å²) in [5, 5.41) is 2.91. The van der Waals surface area contributed by atoms with E-state index in [-0.39, 0.29) is 17.6 Å². The Morgan fingerprint density at radius 3 is 2.68 bits per heavy atom. The molecule has 1 amide bonds. The second kappa shape index (κ2) is 3.44. The molecule has 2 aliphatic rings. The van der Waals surface area contributed by atoms with Crippen LogP contribution in [0.25, 0.3) is 0 Å². The van der Waals surface area contributed by atoms with Crippen molar-refractivity contribution in [1.82, 2.24) is 0 Å². The summed E-state index contributed by atoms with van der Waals surface area (Å²) in [6, 6.07) is 14.4. The van der Waals surface area contributed by atoms with Crippen LogP contribution in [0, 0.1) is 5.82 Å². The highest BCUT2D eigenvalue weighted by Crippen LogP contribution is 2.65. The van der Waals surface area contributed by atoms with Crippen molar-refractivity contribution in [2.75, 3.05) is 5.32 Å². The Morgan fingerprint density at radius 1 is 1.11 bits per heavy atom. The average Bonchev–Trinajstić information content (AvgIpc) is 3.09. The maximum Gasteiger partial charge on any atom is 0.235 e. The molecule has 2 aromatic rings. The first-order valence-corrected chi connectivity index (χ1v) is 6.39. The van der Waals surface area contributed by atoms with Gasteiger partial charge >= 0.3 is 0 Å². The number of carbonyl (C=O) groups is 1. The fourth-order valence-corrected chi connectivity index (χ4v) is 3.28. The number of para-hydroxylation sites is 1. The minimum Gasteiger partial charge on any atom is -0.325 e. The number of anilines is 1. The molecule has 2 atom stereocenters. The Bertz CT molecular complexity index is 697. The molecular formula is C16H12FNO. The predicted molar refractivity (Wildman–Crippen MR) is 70.5 cm³/mol. The lowest BCUT2D eigenvalue weighted by Crippen LogP contribution is -2.21. The molecule has 0 aromatic heterocycles. The molecule has 1 fully saturated rings. The largest absolute Gasteiger partial charge is 0.325 e. The third kappa shape index (κ3) is 1.27. The number of hydrogen-bond donors (Lipinski definition) is 1. The molecule has 1 saturated carbocycles. The molecule has 2 nitrogen and oxygen atoms in total. The van der Waals surface area contributed by atoms with E-state index in [0.717, 1.165) is 11.3 Å². The van der Waals surface area contributed by atoms with Crippen molar-refractivity contribution in [2.24, 2.45) is 0 Å². The molecule has 1 aliphatic heterocycles. The number of benzene rings is 2. The van der Waals surface area contributed by atoms with Crippen LogP contribution in [0.2, 0.25) is 0 Å². The third-order valence-corrected chi connectivity index (χ3v) is 4.30. The van der Waals surface area contributed by atoms with E-state index < -0.39 is 5.41 Å². The standard InChI is InChI=1S/C16H12FNO/c17-13-7-3-1-5-10(13)12-9-16(12)11-6-2-4-8-14(11)18-15(16)19/h1-8,12H,9H2,(H,18,19)/t12-,16-/m1/s1. The lowest BCUT2D eigenvalue weighted by atomic mass is 9.92. The van der Waals surface area contributed by atoms with Crippen molar-refractivity contribution in [3.8, 4) is 0 Å². The van der Waals surface area contributed by atoms with E-state index in [1.165, 1.54) is 6.07 Å². The Morgan fingerprint density at radius 2 is 1.84 bits per heavy atom. The van der Waals surface area contributed by atoms with Crippen molar-refractivity contribution in [3.63, 3.8) is 0 Å². The van der Waals surface area contributed by atoms with E-state index in [0.29, 0.717) is 12.0 Å². The van der Waals surface area contributed by atoms with E-state index in [1.807, 2.05) is 30.3 Å². The zero-order chi connectivity index (χ0) is 13.0. The van der Waals surface area contributed by atoms with Gasteiger partial charge in [-0.05, 0) is 29.7 Å². The van der Waals surface area contributed by atoms with E-state index in [1.54, 1.807) is 12.1 Å². The van der Waals surface area contributed by atoms with Gasteiger partial charge in [0, 0.05) is 11.6 Å². The van der Waals surface area contributed by atoms with Gasteiger partial charge in [-0.3, -0.25) is 4.79 Å². The van der Waals surface area contributed by atoms with Crippen LogP contribution >= 0.6 is 0 Å². The van der Waals surface area contributed by atoms with Crippen LogP contribution in [-0.2, 0) is 10.2 Å². The first kappa shape index (κ1) is 10.7. The number of carbonyl (C=O) groups excluding carboxylic acids is 1. The highest BCUT2D eigenvalue weighted by Gasteiger charge is 2.65. The summed E-state index contributed by atoms with van der Waals surface area (Å²) in [7, 11) is 0. The maximum absolute atomic E-state index is 13.9. The quantitative estimate of drug-likeness (QED) is 0.830. The van der Waals surface area contributed by atoms with Crippen molar-refractivity contribution >= 4 is 11.6 Å². The second-order valence-electron chi connectivity index (χ2n) is 5.25. The van der Waals surface area contributed by atoms with Crippen LogP contribution in [0.1, 0.15) is 23.5 Å². The number of amides is 1. The van der Waals surface area contributed by atoms with Crippen LogP contribution in [0.5, 0.6) is 0 Å². The lowest BCUT2D eigenvalue weighted by molar-refractivity contribution is -0.118. The van der Waals surface area contributed by atoms with E-state index in [9.17, 15) is 9.18 Å². The minimum absolute atomic E-state index is 0.00181. The molecule has 19 heavy (non-hydrogen) atoms. The smallest absolute Gasteiger partial charge is 0.235 e. The summed E-state index contributed by atoms with van der Waals surface area (Å²) < 4.78 is 13.9. The Hall–Kier alpha value is -2.16. The monoisotopic (exact) mass is 253 g/mol. The van der Waals surface area contributed by atoms with Gasteiger partial charge in [-0.1, -0.05) is 36.4 Å². The summed E-state index contributed by atoms with van der Waals surface area (Å²) in [4.78, 5) is 12.3. The molecule has 1 spiro atoms. The van der Waals surface area contributed by atoms with Crippen LogP contribution < -0.4 is 5.32 Å². The van der Waals surface area contributed by atoms with Gasteiger partial charge < -0.3 is 5.32 Å². The second-order valence-corrected chi connectivity index (χ2v) is 5.25. The molecule has 0 unspecified atom stereocenters. The number of rotatable bonds is 1. The normalized spacial score (nSPS) is 27.2. The molecular weight excluding hydrogens is 241 g/mol. The summed E-state index contributed by atoms with van der Waals surface area (Å²) in [5.74, 6) is -0.263. The third-order valence-electron chi connectivity index (χ3n) is 4.30. The van der Waals surface area contributed by atoms with Crippen LogP contribution in [0.4, 0.5) is 10.1 Å². The van der Waals surface area contributed by atoms with Gasteiger partial charge in [-0.2, -0.15) is 0 Å². The molecule has 2 aromatic carbocycles. The van der Waals surface area contributed by atoms with E-state index in [2.05, 4.69) is 5.32 Å². The zero-order valence-corrected chi connectivity index (χ0v) is 10.2. The van der Waals surface area contributed by atoms with Crippen molar-refractivity contribution in [1.29, 1.82) is 0 Å². The Kier molecular flexibility index (Phi) is 1.94. The first-order valence-electron chi connectivity index (χ1n) is 6.39. The molecule has 4 rings (SSSR count). The van der Waals surface area contributed by atoms with Crippen molar-refractivity contribution in [3.05, 3.63) is 65.5 Å². The minimum atomic E-state index is -0.543. The molecule has 0 radical (unpaired) electrons. The van der Waals surface area contributed by atoms with Gasteiger partial charge in [-0.15, -0.1) is 0 Å². The molecule has 0 saturated heterocycles. The maximum atomic E-state index is 13.9. The Balaban J connectivity index is 1.83. The molecule has 3 heteroatoms. The molecule has 1 aliphatic carbocycles. The zero-order valence-electron chi connectivity index (χ0n) is 10.2. The molecule has 94 valence electrons. The highest BCUT2D eigenvalue weighted by atomic mass is 19.1. The number of halogens is 1. The van der Waals surface area contributed by atoms with Crippen molar-refractivity contribution in [2.45, 2.75) is 17.8 Å². The summed E-state index contributed by atoms with van der Waals surface area (Å²) in [5.41, 5.74) is 1.98. The van der Waals surface area contributed by atoms with Crippen LogP contribution in [0.3, 0.4) is 0 Å². The predicted octanol–water partition coefficient (Wildman–Crippen LogP) is 3.20. The summed E-state index contributed by atoms with van der Waals surface area (Å²) >= 11 is 0. The van der Waals surface area contributed by atoms with Gasteiger partial charge in [0.25, 0.3) is 0 Å². The van der Waals surface area contributed by atoms with Gasteiger partial charge in [0.05, 0.1) is 5.41 Å². The van der Waals surface area contributed by atoms with E-state index in [4.69, 9.17) is 0 Å². The fraction of sp³-hybridized carbons (Fsp3) is 0.188. The summed E-state index contributed by atoms with van der Waals surface area (Å²) in [6.07, 6.45) is 0.691. The van der Waals surface area contributed by atoms with Crippen LogP contribution in [0.15, 0.2) is 48.5 Å². The summed E-state index contributed by atoms with van der Waals surface area (Å²) in [6.45, 7) is 0. The number of fused-ring (bicyclic) bond motifs is 2. The first-order chi connectivity index (χ1) is 9.23. The average molecular weight is 253 g/mol. The topological polar surface area (TPSA) is 29.1 Å². The number of hydrogen-bond acceptors (Lipinski definition) is 1. The van der Waals surface area contributed by atoms with Gasteiger partial charge in [0.1, 0.15) is 5.82 Å². The molecule has 1 heterocycles. The Labute approximate surface area is 110 Å². The van der Waals surface area contributed by atoms with Gasteiger partial charge in [0.2, 0.25) is 5.91 Å². The molecule has 0 bridgehead atoms. The van der Waals surface area contributed by atoms with E-state index >= 15 is 0 Å². The SMILES string of the molecule is O=C1Nc2ccccc2[C@@]12C[C@@H]2c1ccccc1F. The molecule has 1 N–H and O–H groups in total. The van der Waals surface area contributed by atoms with Crippen molar-refractivity contribution < 1.29 is 9.18 Å². The van der Waals surface area contributed by atoms with Gasteiger partial charge in [-0.25, -0.2) is 4.39 Å². The van der Waals surface area contributed by atoms with Gasteiger partial charge in [0.15, 0.2) is 0 Å². The fourth-order valence-electron chi connectivity index (χ4n) is 3.28. The van der Waals surface area contributed by atoms with Crippen LogP contribution in [-0.4, -0.2) is 5.91 Å². The lowest BCUT2D eigenvalue weighted by Gasteiger charge is -2.09. The number of nitrogens with one attached hydrogen (secondary N) is 1. The highest BCUT2D eigenvalue weighted by molar-refractivity contribution is 6.09.